The number of nitrogens with one attached hydrogen (secondary N) is 1. The van der Waals surface area contributed by atoms with Gasteiger partial charge in [0.25, 0.3) is 0 Å². The fraction of sp³-hybridized carbons (Fsp3) is 0.588. The molecule has 0 radical (unpaired) electrons. The maximum Gasteiger partial charge on any atom is 0.223 e. The zero-order valence-corrected chi connectivity index (χ0v) is 13.5. The molecule has 0 spiro atoms. The number of hydrogen-bond acceptors (Lipinski definition) is 3. The lowest BCUT2D eigenvalue weighted by atomic mass is 9.88. The van der Waals surface area contributed by atoms with E-state index in [-0.39, 0.29) is 17.7 Å². The van der Waals surface area contributed by atoms with Gasteiger partial charge in [0, 0.05) is 19.0 Å². The van der Waals surface area contributed by atoms with Crippen LogP contribution >= 0.6 is 0 Å². The molecule has 0 aliphatic rings. The van der Waals surface area contributed by atoms with E-state index in [0.717, 1.165) is 6.42 Å². The summed E-state index contributed by atoms with van der Waals surface area (Å²) in [6.07, 6.45) is 0.196. The average Bonchev–Trinajstić information content (AvgIpc) is 2.42. The molecule has 1 rings (SSSR count). The van der Waals surface area contributed by atoms with Crippen molar-refractivity contribution in [3.8, 4) is 0 Å². The summed E-state index contributed by atoms with van der Waals surface area (Å²) in [5, 5.41) is 12.7. The fourth-order valence-corrected chi connectivity index (χ4v) is 2.33. The third kappa shape index (κ3) is 6.74. The van der Waals surface area contributed by atoms with Gasteiger partial charge in [-0.2, -0.15) is 0 Å². The number of carbonyl (C=O) groups excluding carboxylic acids is 1. The Morgan fingerprint density at radius 3 is 2.38 bits per heavy atom. The lowest BCUT2D eigenvalue weighted by Gasteiger charge is -2.22. The Kier molecular flexibility index (Phi) is 7.40. The highest BCUT2D eigenvalue weighted by Gasteiger charge is 2.22. The van der Waals surface area contributed by atoms with Gasteiger partial charge in [-0.1, -0.05) is 44.2 Å². The van der Waals surface area contributed by atoms with Gasteiger partial charge in [-0.15, -0.1) is 0 Å². The number of likely N-dealkylation sites (N-methyl/N-ethyl adjacent to an activating group) is 1. The summed E-state index contributed by atoms with van der Waals surface area (Å²) in [6.45, 7) is 4.97. The van der Waals surface area contributed by atoms with Crippen molar-refractivity contribution in [2.24, 2.45) is 11.8 Å². The molecule has 0 unspecified atom stereocenters. The molecule has 0 bridgehead atoms. The lowest BCUT2D eigenvalue weighted by molar-refractivity contribution is -0.126. The Labute approximate surface area is 128 Å². The number of nitrogens with zero attached hydrogens (tertiary/aromatic N) is 1. The van der Waals surface area contributed by atoms with Crippen LogP contribution in [0.4, 0.5) is 0 Å². The SMILES string of the molecule is CC(C)[C@H](Cc1ccccc1)C(=O)NC[C@H](O)CN(C)C. The Bertz CT molecular complexity index is 418. The number of hydrogen-bond donors (Lipinski definition) is 2. The second-order valence-corrected chi connectivity index (χ2v) is 6.20. The number of aliphatic hydroxyl groups excluding tert-OH is 1. The predicted octanol–water partition coefficient (Wildman–Crippen LogP) is 1.54. The smallest absolute Gasteiger partial charge is 0.223 e. The summed E-state index contributed by atoms with van der Waals surface area (Å²) in [5.41, 5.74) is 1.17. The van der Waals surface area contributed by atoms with Gasteiger partial charge in [-0.05, 0) is 32.0 Å². The normalized spacial score (nSPS) is 14.2. The third-order valence-electron chi connectivity index (χ3n) is 3.53. The van der Waals surface area contributed by atoms with Crippen LogP contribution in [0, 0.1) is 11.8 Å². The first kappa shape index (κ1) is 17.7. The maximum absolute atomic E-state index is 12.3. The standard InChI is InChI=1S/C17H28N2O2/c1-13(2)16(10-14-8-6-5-7-9-14)17(21)18-11-15(20)12-19(3)4/h5-9,13,15-16,20H,10-12H2,1-4H3,(H,18,21)/t15-,16-/m0/s1. The van der Waals surface area contributed by atoms with Crippen molar-refractivity contribution in [2.45, 2.75) is 26.4 Å². The molecule has 4 nitrogen and oxygen atoms in total. The van der Waals surface area contributed by atoms with Gasteiger partial charge < -0.3 is 15.3 Å². The molecule has 0 fully saturated rings. The van der Waals surface area contributed by atoms with E-state index >= 15 is 0 Å². The highest BCUT2D eigenvalue weighted by atomic mass is 16.3. The minimum Gasteiger partial charge on any atom is -0.390 e. The molecule has 1 amide bonds. The third-order valence-corrected chi connectivity index (χ3v) is 3.53. The molecule has 0 saturated heterocycles. The van der Waals surface area contributed by atoms with E-state index in [1.807, 2.05) is 49.3 Å². The van der Waals surface area contributed by atoms with Gasteiger partial charge in [0.1, 0.15) is 0 Å². The molecular weight excluding hydrogens is 264 g/mol. The van der Waals surface area contributed by atoms with Crippen LogP contribution in [0.25, 0.3) is 0 Å². The molecule has 0 aliphatic heterocycles. The first-order valence-corrected chi connectivity index (χ1v) is 7.54. The topological polar surface area (TPSA) is 52.6 Å². The van der Waals surface area contributed by atoms with Gasteiger partial charge in [0.05, 0.1) is 6.10 Å². The van der Waals surface area contributed by atoms with Crippen LogP contribution in [0.1, 0.15) is 19.4 Å². The molecule has 4 heteroatoms. The van der Waals surface area contributed by atoms with Crippen molar-refractivity contribution in [1.82, 2.24) is 10.2 Å². The number of amides is 1. The van der Waals surface area contributed by atoms with Crippen molar-refractivity contribution in [3.63, 3.8) is 0 Å². The van der Waals surface area contributed by atoms with E-state index < -0.39 is 6.10 Å². The summed E-state index contributed by atoms with van der Waals surface area (Å²) >= 11 is 0. The molecule has 2 N–H and O–H groups in total. The molecule has 0 saturated carbocycles. The quantitative estimate of drug-likeness (QED) is 0.764. The molecule has 1 aromatic rings. The summed E-state index contributed by atoms with van der Waals surface area (Å²) in [5.74, 6) is 0.210. The molecular formula is C17H28N2O2. The first-order chi connectivity index (χ1) is 9.90. The molecule has 0 aliphatic carbocycles. The molecule has 118 valence electrons. The molecule has 2 atom stereocenters. The lowest BCUT2D eigenvalue weighted by Crippen LogP contribution is -2.41. The molecule has 1 aromatic carbocycles. The summed E-state index contributed by atoms with van der Waals surface area (Å²) < 4.78 is 0. The van der Waals surface area contributed by atoms with Gasteiger partial charge in [0.15, 0.2) is 0 Å². The highest BCUT2D eigenvalue weighted by molar-refractivity contribution is 5.79. The average molecular weight is 292 g/mol. The van der Waals surface area contributed by atoms with Gasteiger partial charge >= 0.3 is 0 Å². The minimum atomic E-state index is -0.534. The van der Waals surface area contributed by atoms with Crippen LogP contribution in [-0.4, -0.2) is 49.2 Å². The Morgan fingerprint density at radius 2 is 1.86 bits per heavy atom. The van der Waals surface area contributed by atoms with E-state index in [0.29, 0.717) is 13.1 Å². The molecule has 0 heterocycles. The molecule has 0 aromatic heterocycles. The molecule has 21 heavy (non-hydrogen) atoms. The van der Waals surface area contributed by atoms with E-state index in [4.69, 9.17) is 0 Å². The van der Waals surface area contributed by atoms with Crippen LogP contribution in [-0.2, 0) is 11.2 Å². The number of benzene rings is 1. The summed E-state index contributed by atoms with van der Waals surface area (Å²) in [4.78, 5) is 14.2. The number of carbonyl (C=O) groups is 1. The summed E-state index contributed by atoms with van der Waals surface area (Å²) in [7, 11) is 3.80. The van der Waals surface area contributed by atoms with E-state index in [9.17, 15) is 9.90 Å². The number of aliphatic hydroxyl groups is 1. The van der Waals surface area contributed by atoms with Crippen LogP contribution < -0.4 is 5.32 Å². The van der Waals surface area contributed by atoms with Gasteiger partial charge in [-0.3, -0.25) is 4.79 Å². The van der Waals surface area contributed by atoms with Crippen molar-refractivity contribution >= 4 is 5.91 Å². The van der Waals surface area contributed by atoms with Gasteiger partial charge in [-0.25, -0.2) is 0 Å². The first-order valence-electron chi connectivity index (χ1n) is 7.54. The van der Waals surface area contributed by atoms with Crippen LogP contribution in [0.5, 0.6) is 0 Å². The van der Waals surface area contributed by atoms with Crippen molar-refractivity contribution in [2.75, 3.05) is 27.2 Å². The zero-order valence-electron chi connectivity index (χ0n) is 13.5. The Morgan fingerprint density at radius 1 is 1.24 bits per heavy atom. The zero-order chi connectivity index (χ0) is 15.8. The van der Waals surface area contributed by atoms with Crippen molar-refractivity contribution in [1.29, 1.82) is 0 Å². The van der Waals surface area contributed by atoms with Gasteiger partial charge in [0.2, 0.25) is 5.91 Å². The second-order valence-electron chi connectivity index (χ2n) is 6.20. The van der Waals surface area contributed by atoms with E-state index in [1.54, 1.807) is 0 Å². The maximum atomic E-state index is 12.3. The van der Waals surface area contributed by atoms with E-state index in [2.05, 4.69) is 19.2 Å². The largest absolute Gasteiger partial charge is 0.390 e. The fourth-order valence-electron chi connectivity index (χ4n) is 2.33. The Hall–Kier alpha value is -1.39. The number of rotatable bonds is 8. The van der Waals surface area contributed by atoms with Crippen LogP contribution in [0.15, 0.2) is 30.3 Å². The van der Waals surface area contributed by atoms with Crippen molar-refractivity contribution in [3.05, 3.63) is 35.9 Å². The second kappa shape index (κ2) is 8.80. The van der Waals surface area contributed by atoms with E-state index in [1.165, 1.54) is 5.56 Å². The summed E-state index contributed by atoms with van der Waals surface area (Å²) in [6, 6.07) is 10.1. The minimum absolute atomic E-state index is 0.0201. The Balaban J connectivity index is 2.54. The van der Waals surface area contributed by atoms with Crippen LogP contribution in [0.3, 0.4) is 0 Å². The van der Waals surface area contributed by atoms with Crippen molar-refractivity contribution < 1.29 is 9.90 Å². The monoisotopic (exact) mass is 292 g/mol. The predicted molar refractivity (Wildman–Crippen MR) is 86.0 cm³/mol. The highest BCUT2D eigenvalue weighted by Crippen LogP contribution is 2.17. The van der Waals surface area contributed by atoms with Crippen LogP contribution in [0.2, 0.25) is 0 Å².